The maximum Gasteiger partial charge on any atom is 0.503 e. The molecule has 0 spiro atoms. The third kappa shape index (κ3) is 11900. The molecule has 21 heteroatoms. The third-order valence-corrected chi connectivity index (χ3v) is 0. The van der Waals surface area contributed by atoms with Gasteiger partial charge in [0, 0.05) is 60.9 Å². The molecule has 0 rings (SSSR count). The minimum Gasteiger partial charge on any atom is -0.450 e. The van der Waals surface area contributed by atoms with Gasteiger partial charge in [0.1, 0.15) is 0 Å². The molecule has 0 amide bonds. The SMILES string of the molecule is O=C(O)O.O=S(=O)(O)O.O=S(=O)(O)O.O=S(=O)(O)O.[Cr].[Cr].[Zr]. The quantitative estimate of drug-likeness (QED) is 0.155. The summed E-state index contributed by atoms with van der Waals surface area (Å²) in [7, 11) is -14.0. The van der Waals surface area contributed by atoms with Crippen molar-refractivity contribution in [2.75, 3.05) is 0 Å². The van der Waals surface area contributed by atoms with E-state index in [0.29, 0.717) is 0 Å². The Kier molecular flexibility index (Phi) is 39.2. The van der Waals surface area contributed by atoms with Crippen molar-refractivity contribution in [3.63, 3.8) is 0 Å². The first-order valence-electron chi connectivity index (χ1n) is 2.75. The van der Waals surface area contributed by atoms with Gasteiger partial charge < -0.3 is 10.2 Å². The maximum absolute atomic E-state index is 8.74. The maximum atomic E-state index is 8.74. The zero-order valence-corrected chi connectivity index (χ0v) is 16.9. The summed E-state index contributed by atoms with van der Waals surface area (Å²) < 4.78 is 94.8. The molecule has 0 heterocycles. The van der Waals surface area contributed by atoms with Gasteiger partial charge in [0.2, 0.25) is 0 Å². The van der Waals surface area contributed by atoms with E-state index in [4.69, 9.17) is 67.6 Å². The van der Waals surface area contributed by atoms with Crippen LogP contribution in [-0.4, -0.2) is 68.9 Å². The van der Waals surface area contributed by atoms with Crippen molar-refractivity contribution in [2.24, 2.45) is 0 Å². The Labute approximate surface area is 164 Å². The summed E-state index contributed by atoms with van der Waals surface area (Å²) in [6.07, 6.45) is -1.83. The molecule has 0 aliphatic heterocycles. The molecule has 0 aromatic heterocycles. The van der Waals surface area contributed by atoms with Crippen molar-refractivity contribution >= 4 is 37.4 Å². The number of hydrogen-bond donors (Lipinski definition) is 8. The van der Waals surface area contributed by atoms with Crippen molar-refractivity contribution < 1.29 is 129 Å². The van der Waals surface area contributed by atoms with Gasteiger partial charge in [-0.15, -0.1) is 0 Å². The summed E-state index contributed by atoms with van der Waals surface area (Å²) in [5.41, 5.74) is 0. The van der Waals surface area contributed by atoms with Crippen LogP contribution in [0.1, 0.15) is 0 Å². The summed E-state index contributed by atoms with van der Waals surface area (Å²) in [6.45, 7) is 0. The second-order valence-electron chi connectivity index (χ2n) is 1.63. The van der Waals surface area contributed by atoms with Crippen molar-refractivity contribution in [3.05, 3.63) is 0 Å². The first kappa shape index (κ1) is 43.4. The van der Waals surface area contributed by atoms with Gasteiger partial charge in [-0.2, -0.15) is 25.3 Å². The molecule has 15 nitrogen and oxygen atoms in total. The molecular formula is CH8Cr2O15S3Zr. The molecule has 0 aliphatic rings. The summed E-state index contributed by atoms with van der Waals surface area (Å²) in [6, 6.07) is 0. The molecule has 0 atom stereocenters. The normalized spacial score (nSPS) is 9.00. The Balaban J connectivity index is -0.0000000262. The average molecular weight is 551 g/mol. The number of rotatable bonds is 0. The fraction of sp³-hybridized carbons (Fsp3) is 0. The van der Waals surface area contributed by atoms with E-state index in [0.717, 1.165) is 0 Å². The van der Waals surface area contributed by atoms with Crippen molar-refractivity contribution in [2.45, 2.75) is 0 Å². The minimum atomic E-state index is -4.67. The first-order valence-corrected chi connectivity index (χ1v) is 6.94. The standard InChI is InChI=1S/CH2O3.2Cr.3H2O4S.Zr/c2-1(3)4;;;3*1-5(2,3)4;/h(H2,2,3,4);;;3*(H2,1,2,3,4);. The van der Waals surface area contributed by atoms with Gasteiger partial charge >= 0.3 is 37.4 Å². The van der Waals surface area contributed by atoms with E-state index in [1.165, 1.54) is 0 Å². The van der Waals surface area contributed by atoms with Crippen molar-refractivity contribution in [3.8, 4) is 0 Å². The van der Waals surface area contributed by atoms with Gasteiger partial charge in [-0.25, -0.2) is 4.79 Å². The monoisotopic (exact) mass is 550 g/mol. The Bertz CT molecular complexity index is 430. The van der Waals surface area contributed by atoms with Crippen LogP contribution >= 0.6 is 0 Å². The zero-order valence-electron chi connectivity index (χ0n) is 9.48. The minimum absolute atomic E-state index is 0. The molecule has 0 aromatic rings. The van der Waals surface area contributed by atoms with Crippen LogP contribution in [-0.2, 0) is 92.1 Å². The second-order valence-corrected chi connectivity index (χ2v) is 4.31. The molecular weight excluding hydrogens is 543 g/mol. The Hall–Kier alpha value is 0.828. The first-order chi connectivity index (χ1) is 7.73. The molecule has 0 aliphatic carbocycles. The van der Waals surface area contributed by atoms with Gasteiger partial charge in [-0.1, -0.05) is 0 Å². The summed E-state index contributed by atoms with van der Waals surface area (Å²) in [5.74, 6) is 0. The fourth-order valence-electron chi connectivity index (χ4n) is 0. The molecule has 0 unspecified atom stereocenters. The van der Waals surface area contributed by atoms with Crippen LogP contribution < -0.4 is 0 Å². The smallest absolute Gasteiger partial charge is 0.450 e. The second kappa shape index (κ2) is 19.9. The summed E-state index contributed by atoms with van der Waals surface area (Å²) >= 11 is 0. The molecule has 0 radical (unpaired) electrons. The Morgan fingerprint density at radius 3 is 0.545 bits per heavy atom. The van der Waals surface area contributed by atoms with Crippen LogP contribution in [0.4, 0.5) is 4.79 Å². The summed E-state index contributed by atoms with van der Waals surface area (Å²) in [4.78, 5) is 8.56. The van der Waals surface area contributed by atoms with Crippen LogP contribution in [0.25, 0.3) is 0 Å². The topological polar surface area (TPSA) is 281 Å². The van der Waals surface area contributed by atoms with E-state index < -0.39 is 37.4 Å². The van der Waals surface area contributed by atoms with Crippen molar-refractivity contribution in [1.82, 2.24) is 0 Å². The molecule has 22 heavy (non-hydrogen) atoms. The van der Waals surface area contributed by atoms with Crippen LogP contribution in [0.15, 0.2) is 0 Å². The van der Waals surface area contributed by atoms with E-state index in [9.17, 15) is 0 Å². The van der Waals surface area contributed by atoms with Gasteiger partial charge in [-0.3, -0.25) is 27.3 Å². The number of hydrogen-bond acceptors (Lipinski definition) is 7. The van der Waals surface area contributed by atoms with E-state index >= 15 is 0 Å². The number of carbonyl (C=O) groups is 1. The van der Waals surface area contributed by atoms with Crippen LogP contribution in [0.5, 0.6) is 0 Å². The molecule has 0 bridgehead atoms. The third-order valence-electron chi connectivity index (χ3n) is 0. The van der Waals surface area contributed by atoms with Crippen LogP contribution in [0, 0.1) is 0 Å². The Morgan fingerprint density at radius 2 is 0.545 bits per heavy atom. The molecule has 0 saturated carbocycles. The van der Waals surface area contributed by atoms with Gasteiger partial charge in [-0.05, 0) is 0 Å². The van der Waals surface area contributed by atoms with E-state index in [1.54, 1.807) is 0 Å². The molecule has 0 aromatic carbocycles. The van der Waals surface area contributed by atoms with Gasteiger partial charge in [0.15, 0.2) is 0 Å². The van der Waals surface area contributed by atoms with Gasteiger partial charge in [0.05, 0.1) is 0 Å². The average Bonchev–Trinajstić information content (AvgIpc) is 1.66. The predicted molar refractivity (Wildman–Crippen MR) is 53.2 cm³/mol. The molecule has 0 saturated heterocycles. The predicted octanol–water partition coefficient (Wildman–Crippen LogP) is -1.74. The largest absolute Gasteiger partial charge is 0.503 e. The summed E-state index contributed by atoms with van der Waals surface area (Å²) in [5, 5.41) is 13.9. The van der Waals surface area contributed by atoms with Crippen LogP contribution in [0.2, 0.25) is 0 Å². The van der Waals surface area contributed by atoms with E-state index in [-0.39, 0.29) is 60.9 Å². The Morgan fingerprint density at radius 1 is 0.545 bits per heavy atom. The van der Waals surface area contributed by atoms with Gasteiger partial charge in [0.25, 0.3) is 0 Å². The zero-order chi connectivity index (χ0) is 17.1. The van der Waals surface area contributed by atoms with E-state index in [1.807, 2.05) is 0 Å². The van der Waals surface area contributed by atoms with Crippen LogP contribution in [0.3, 0.4) is 0 Å². The number of carboxylic acid groups (broad SMARTS) is 2. The molecule has 8 N–H and O–H groups in total. The van der Waals surface area contributed by atoms with E-state index in [2.05, 4.69) is 0 Å². The van der Waals surface area contributed by atoms with Crippen molar-refractivity contribution in [1.29, 1.82) is 0 Å². The molecule has 136 valence electrons. The fourth-order valence-corrected chi connectivity index (χ4v) is 0. The molecule has 0 fully saturated rings.